The largest absolute Gasteiger partial charge is 0.471 e. The fourth-order valence-electron chi connectivity index (χ4n) is 0.827. The van der Waals surface area contributed by atoms with Crippen LogP contribution in [0.25, 0.3) is 0 Å². The van der Waals surface area contributed by atoms with Gasteiger partial charge in [0.05, 0.1) is 5.69 Å². The third kappa shape index (κ3) is 3.02. The number of carbonyl (C=O) groups is 1. The van der Waals surface area contributed by atoms with Crippen LogP contribution < -0.4 is 15.8 Å². The van der Waals surface area contributed by atoms with Crippen molar-refractivity contribution < 1.29 is 9.53 Å². The maximum Gasteiger partial charge on any atom is 0.219 e. The fourth-order valence-corrected chi connectivity index (χ4v) is 0.827. The van der Waals surface area contributed by atoms with Gasteiger partial charge in [-0.2, -0.15) is 0 Å². The second kappa shape index (κ2) is 4.35. The summed E-state index contributed by atoms with van der Waals surface area (Å²) in [5.74, 6) is 0.450. The maximum absolute atomic E-state index is 10.5. The van der Waals surface area contributed by atoms with Gasteiger partial charge in [0.1, 0.15) is 5.75 Å². The Morgan fingerprint density at radius 1 is 1.54 bits per heavy atom. The molecule has 70 valence electrons. The predicted molar refractivity (Wildman–Crippen MR) is 50.2 cm³/mol. The van der Waals surface area contributed by atoms with E-state index < -0.39 is 0 Å². The third-order valence-corrected chi connectivity index (χ3v) is 1.47. The van der Waals surface area contributed by atoms with E-state index in [0.29, 0.717) is 11.4 Å². The second-order valence-electron chi connectivity index (χ2n) is 2.56. The smallest absolute Gasteiger partial charge is 0.219 e. The molecule has 1 aromatic rings. The summed E-state index contributed by atoms with van der Waals surface area (Å²) < 4.78 is 5.19. The van der Waals surface area contributed by atoms with Gasteiger partial charge in [0.2, 0.25) is 5.91 Å². The maximum atomic E-state index is 10.5. The van der Waals surface area contributed by atoms with Gasteiger partial charge in [0.15, 0.2) is 6.73 Å². The molecule has 0 saturated carbocycles. The van der Waals surface area contributed by atoms with Crippen molar-refractivity contribution in [2.75, 3.05) is 12.5 Å². The van der Waals surface area contributed by atoms with Crippen molar-refractivity contribution in [2.45, 2.75) is 6.92 Å². The van der Waals surface area contributed by atoms with Crippen molar-refractivity contribution in [1.82, 2.24) is 5.32 Å². The molecule has 3 N–H and O–H groups in total. The van der Waals surface area contributed by atoms with Crippen LogP contribution in [0.15, 0.2) is 24.3 Å². The van der Waals surface area contributed by atoms with Crippen LogP contribution in [0.1, 0.15) is 6.92 Å². The summed E-state index contributed by atoms with van der Waals surface area (Å²) >= 11 is 0. The number of carbonyl (C=O) groups excluding carboxylic acids is 1. The molecule has 0 fully saturated rings. The van der Waals surface area contributed by atoms with Crippen LogP contribution >= 0.6 is 0 Å². The molecule has 13 heavy (non-hydrogen) atoms. The lowest BCUT2D eigenvalue weighted by Crippen LogP contribution is -2.25. The van der Waals surface area contributed by atoms with E-state index in [9.17, 15) is 4.79 Å². The number of nitrogens with one attached hydrogen (secondary N) is 1. The van der Waals surface area contributed by atoms with Crippen molar-refractivity contribution >= 4 is 11.6 Å². The quantitative estimate of drug-likeness (QED) is 0.532. The van der Waals surface area contributed by atoms with Gasteiger partial charge in [0.25, 0.3) is 0 Å². The zero-order valence-corrected chi connectivity index (χ0v) is 7.41. The number of anilines is 1. The molecule has 0 bridgehead atoms. The number of rotatable bonds is 3. The molecular formula is C9H12N2O2. The molecule has 0 saturated heterocycles. The lowest BCUT2D eigenvalue weighted by Gasteiger charge is -2.07. The molecule has 0 aliphatic heterocycles. The van der Waals surface area contributed by atoms with Gasteiger partial charge >= 0.3 is 0 Å². The van der Waals surface area contributed by atoms with Crippen LogP contribution in [0, 0.1) is 0 Å². The molecule has 1 rings (SSSR count). The first-order valence-electron chi connectivity index (χ1n) is 3.92. The Morgan fingerprint density at radius 3 is 2.85 bits per heavy atom. The average molecular weight is 180 g/mol. The molecule has 0 spiro atoms. The van der Waals surface area contributed by atoms with Gasteiger partial charge in [-0.05, 0) is 12.1 Å². The molecule has 0 aliphatic rings. The third-order valence-electron chi connectivity index (χ3n) is 1.47. The highest BCUT2D eigenvalue weighted by Crippen LogP contribution is 2.18. The molecule has 4 nitrogen and oxygen atoms in total. The number of amides is 1. The lowest BCUT2D eigenvalue weighted by molar-refractivity contribution is -0.119. The summed E-state index contributed by atoms with van der Waals surface area (Å²) in [5.41, 5.74) is 6.16. The minimum atomic E-state index is -0.130. The minimum Gasteiger partial charge on any atom is -0.471 e. The Hall–Kier alpha value is -1.71. The molecule has 0 atom stereocenters. The van der Waals surface area contributed by atoms with E-state index in [1.165, 1.54) is 6.92 Å². The average Bonchev–Trinajstić information content (AvgIpc) is 2.08. The van der Waals surface area contributed by atoms with Gasteiger partial charge in [-0.25, -0.2) is 0 Å². The summed E-state index contributed by atoms with van der Waals surface area (Å²) in [6.45, 7) is 1.57. The van der Waals surface area contributed by atoms with E-state index in [4.69, 9.17) is 10.5 Å². The minimum absolute atomic E-state index is 0.130. The number of para-hydroxylation sites is 2. The molecule has 1 aromatic carbocycles. The predicted octanol–water partition coefficient (Wildman–Crippen LogP) is 0.741. The van der Waals surface area contributed by atoms with E-state index in [2.05, 4.69) is 5.32 Å². The molecular weight excluding hydrogens is 168 g/mol. The first-order chi connectivity index (χ1) is 6.20. The topological polar surface area (TPSA) is 64.3 Å². The standard InChI is InChI=1S/C9H12N2O2/c1-7(12)11-6-13-9-5-3-2-4-8(9)10/h2-5H,6,10H2,1H3,(H,11,12). The SMILES string of the molecule is CC(=O)NCOc1ccccc1N. The van der Waals surface area contributed by atoms with Crippen molar-refractivity contribution in [3.8, 4) is 5.75 Å². The highest BCUT2D eigenvalue weighted by Gasteiger charge is 1.97. The number of nitrogen functional groups attached to an aromatic ring is 1. The van der Waals surface area contributed by atoms with E-state index in [1.54, 1.807) is 12.1 Å². The van der Waals surface area contributed by atoms with Crippen molar-refractivity contribution in [2.24, 2.45) is 0 Å². The summed E-state index contributed by atoms with van der Waals surface area (Å²) in [7, 11) is 0. The first-order valence-corrected chi connectivity index (χ1v) is 3.92. The molecule has 0 radical (unpaired) electrons. The summed E-state index contributed by atoms with van der Waals surface area (Å²) in [5, 5.41) is 2.50. The van der Waals surface area contributed by atoms with Crippen molar-refractivity contribution in [3.05, 3.63) is 24.3 Å². The molecule has 0 aromatic heterocycles. The molecule has 0 unspecified atom stereocenters. The van der Waals surface area contributed by atoms with Gasteiger partial charge < -0.3 is 15.8 Å². The highest BCUT2D eigenvalue weighted by molar-refractivity contribution is 5.72. The Morgan fingerprint density at radius 2 is 2.23 bits per heavy atom. The molecule has 0 heterocycles. The Bertz CT molecular complexity index is 299. The Labute approximate surface area is 76.7 Å². The zero-order valence-electron chi connectivity index (χ0n) is 7.41. The summed E-state index contributed by atoms with van der Waals surface area (Å²) in [6.07, 6.45) is 0. The van der Waals surface area contributed by atoms with Crippen LogP contribution in [-0.4, -0.2) is 12.6 Å². The highest BCUT2D eigenvalue weighted by atomic mass is 16.5. The van der Waals surface area contributed by atoms with E-state index in [1.807, 2.05) is 12.1 Å². The number of benzene rings is 1. The summed E-state index contributed by atoms with van der Waals surface area (Å²) in [4.78, 5) is 10.5. The molecule has 1 amide bonds. The van der Waals surface area contributed by atoms with Gasteiger partial charge in [-0.3, -0.25) is 4.79 Å². The number of hydrogen-bond acceptors (Lipinski definition) is 3. The molecule has 0 aliphatic carbocycles. The second-order valence-corrected chi connectivity index (χ2v) is 2.56. The van der Waals surface area contributed by atoms with Crippen LogP contribution in [0.4, 0.5) is 5.69 Å². The van der Waals surface area contributed by atoms with E-state index in [0.717, 1.165) is 0 Å². The summed E-state index contributed by atoms with van der Waals surface area (Å²) in [6, 6.07) is 7.13. The number of nitrogens with two attached hydrogens (primary N) is 1. The van der Waals surface area contributed by atoms with E-state index in [-0.39, 0.29) is 12.6 Å². The Kier molecular flexibility index (Phi) is 3.14. The van der Waals surface area contributed by atoms with Gasteiger partial charge in [-0.1, -0.05) is 12.1 Å². The number of hydrogen-bond donors (Lipinski definition) is 2. The monoisotopic (exact) mass is 180 g/mol. The van der Waals surface area contributed by atoms with Gasteiger partial charge in [-0.15, -0.1) is 0 Å². The fraction of sp³-hybridized carbons (Fsp3) is 0.222. The van der Waals surface area contributed by atoms with Crippen LogP contribution in [0.2, 0.25) is 0 Å². The van der Waals surface area contributed by atoms with Crippen LogP contribution in [0.5, 0.6) is 5.75 Å². The van der Waals surface area contributed by atoms with Gasteiger partial charge in [0, 0.05) is 6.92 Å². The Balaban J connectivity index is 2.45. The normalized spacial score (nSPS) is 9.31. The molecule has 4 heteroatoms. The first kappa shape index (κ1) is 9.38. The lowest BCUT2D eigenvalue weighted by atomic mass is 10.3. The van der Waals surface area contributed by atoms with Crippen LogP contribution in [-0.2, 0) is 4.79 Å². The zero-order chi connectivity index (χ0) is 9.68. The van der Waals surface area contributed by atoms with Crippen molar-refractivity contribution in [1.29, 1.82) is 0 Å². The van der Waals surface area contributed by atoms with E-state index >= 15 is 0 Å². The van der Waals surface area contributed by atoms with Crippen LogP contribution in [0.3, 0.4) is 0 Å². The number of ether oxygens (including phenoxy) is 1. The van der Waals surface area contributed by atoms with Crippen molar-refractivity contribution in [3.63, 3.8) is 0 Å².